The Labute approximate surface area is 72.7 Å². The molecule has 0 aliphatic heterocycles. The molecule has 0 aliphatic rings. The summed E-state index contributed by atoms with van der Waals surface area (Å²) in [6.07, 6.45) is -0.244. The van der Waals surface area contributed by atoms with Crippen LogP contribution in [0.25, 0.3) is 0 Å². The molecule has 66 valence electrons. The van der Waals surface area contributed by atoms with E-state index in [0.29, 0.717) is 0 Å². The van der Waals surface area contributed by atoms with Crippen LogP contribution in [0.4, 0.5) is 0 Å². The molecule has 0 heterocycles. The van der Waals surface area contributed by atoms with Crippen molar-refractivity contribution in [3.63, 3.8) is 0 Å². The van der Waals surface area contributed by atoms with Gasteiger partial charge in [-0.25, -0.2) is 4.89 Å². The van der Waals surface area contributed by atoms with Gasteiger partial charge in [0.2, 0.25) is 0 Å². The largest absolute Gasteiger partial charge is 0.251 e. The number of hydrogen-bond donors (Lipinski definition) is 1. The van der Waals surface area contributed by atoms with Gasteiger partial charge < -0.3 is 0 Å². The molecule has 12 heavy (non-hydrogen) atoms. The van der Waals surface area contributed by atoms with Crippen LogP contribution in [0.15, 0.2) is 18.2 Å². The van der Waals surface area contributed by atoms with E-state index in [-0.39, 0.29) is 6.10 Å². The summed E-state index contributed by atoms with van der Waals surface area (Å²) in [7, 11) is 0. The van der Waals surface area contributed by atoms with Gasteiger partial charge in [0.15, 0.2) is 0 Å². The van der Waals surface area contributed by atoms with Crippen LogP contribution in [-0.2, 0) is 4.89 Å². The quantitative estimate of drug-likeness (QED) is 0.540. The third-order valence-electron chi connectivity index (χ3n) is 2.11. The predicted molar refractivity (Wildman–Crippen MR) is 48.0 cm³/mol. The molecule has 1 aromatic carbocycles. The van der Waals surface area contributed by atoms with Gasteiger partial charge in [-0.3, -0.25) is 5.26 Å². The van der Waals surface area contributed by atoms with Crippen LogP contribution in [0, 0.1) is 13.8 Å². The zero-order valence-electron chi connectivity index (χ0n) is 7.66. The maximum atomic E-state index is 8.54. The van der Waals surface area contributed by atoms with Gasteiger partial charge in [-0.05, 0) is 37.5 Å². The summed E-state index contributed by atoms with van der Waals surface area (Å²) in [5.74, 6) is 0. The van der Waals surface area contributed by atoms with E-state index in [4.69, 9.17) is 5.26 Å². The molecule has 0 spiro atoms. The highest BCUT2D eigenvalue weighted by atomic mass is 17.1. The van der Waals surface area contributed by atoms with Crippen LogP contribution in [0.1, 0.15) is 29.7 Å². The van der Waals surface area contributed by atoms with Crippen LogP contribution in [0.2, 0.25) is 0 Å². The lowest BCUT2D eigenvalue weighted by atomic mass is 9.99. The van der Waals surface area contributed by atoms with Crippen molar-refractivity contribution in [2.75, 3.05) is 0 Å². The van der Waals surface area contributed by atoms with Crippen molar-refractivity contribution in [1.29, 1.82) is 0 Å². The maximum absolute atomic E-state index is 8.54. The van der Waals surface area contributed by atoms with Crippen LogP contribution in [-0.4, -0.2) is 5.26 Å². The molecule has 0 saturated heterocycles. The molecule has 0 aliphatic carbocycles. The Morgan fingerprint density at radius 2 is 1.75 bits per heavy atom. The van der Waals surface area contributed by atoms with E-state index in [1.54, 1.807) is 0 Å². The summed E-state index contributed by atoms with van der Waals surface area (Å²) in [4.78, 5) is 4.30. The summed E-state index contributed by atoms with van der Waals surface area (Å²) in [6, 6.07) is 6.02. The predicted octanol–water partition coefficient (Wildman–Crippen LogP) is 2.85. The van der Waals surface area contributed by atoms with Gasteiger partial charge in [0.05, 0.1) is 0 Å². The van der Waals surface area contributed by atoms with E-state index in [1.807, 2.05) is 39.0 Å². The summed E-state index contributed by atoms with van der Waals surface area (Å²) in [5.41, 5.74) is 3.37. The summed E-state index contributed by atoms with van der Waals surface area (Å²) in [5, 5.41) is 8.54. The highest BCUT2D eigenvalue weighted by Gasteiger charge is 2.10. The molecule has 1 aromatic rings. The minimum absolute atomic E-state index is 0.244. The second-order valence-electron chi connectivity index (χ2n) is 3.05. The highest BCUT2D eigenvalue weighted by Crippen LogP contribution is 2.23. The minimum Gasteiger partial charge on any atom is -0.251 e. The van der Waals surface area contributed by atoms with Gasteiger partial charge in [0.1, 0.15) is 6.10 Å². The molecule has 1 rings (SSSR count). The molecule has 0 saturated carbocycles. The number of rotatable bonds is 2. The molecular weight excluding hydrogens is 152 g/mol. The fourth-order valence-corrected chi connectivity index (χ4v) is 1.52. The Kier molecular flexibility index (Phi) is 2.84. The first-order valence-electron chi connectivity index (χ1n) is 4.03. The normalized spacial score (nSPS) is 13.0. The van der Waals surface area contributed by atoms with Crippen LogP contribution >= 0.6 is 0 Å². The van der Waals surface area contributed by atoms with Gasteiger partial charge in [-0.15, -0.1) is 0 Å². The van der Waals surface area contributed by atoms with Gasteiger partial charge in [-0.2, -0.15) is 0 Å². The minimum atomic E-state index is -0.244. The Balaban J connectivity index is 3.12. The van der Waals surface area contributed by atoms with Gasteiger partial charge >= 0.3 is 0 Å². The van der Waals surface area contributed by atoms with Crippen LogP contribution < -0.4 is 0 Å². The molecule has 1 atom stereocenters. The molecule has 2 heteroatoms. The first-order chi connectivity index (χ1) is 5.66. The van der Waals surface area contributed by atoms with Crippen LogP contribution in [0.3, 0.4) is 0 Å². The fraction of sp³-hybridized carbons (Fsp3) is 0.400. The van der Waals surface area contributed by atoms with E-state index in [2.05, 4.69) is 4.89 Å². The lowest BCUT2D eigenvalue weighted by Gasteiger charge is -2.13. The standard InChI is InChI=1S/C10H14O2/c1-7-5-4-6-8(2)10(7)9(3)12-11/h4-6,9,11H,1-3H3. The topological polar surface area (TPSA) is 29.5 Å². The third-order valence-corrected chi connectivity index (χ3v) is 2.11. The molecule has 0 fully saturated rings. The molecule has 1 N–H and O–H groups in total. The summed E-state index contributed by atoms with van der Waals surface area (Å²) >= 11 is 0. The molecule has 1 unspecified atom stereocenters. The zero-order chi connectivity index (χ0) is 9.14. The van der Waals surface area contributed by atoms with Crippen molar-refractivity contribution in [3.8, 4) is 0 Å². The zero-order valence-corrected chi connectivity index (χ0v) is 7.66. The van der Waals surface area contributed by atoms with Crippen molar-refractivity contribution in [1.82, 2.24) is 0 Å². The number of aryl methyl sites for hydroxylation is 2. The van der Waals surface area contributed by atoms with E-state index < -0.39 is 0 Å². The molecule has 2 nitrogen and oxygen atoms in total. The SMILES string of the molecule is Cc1cccc(C)c1C(C)OO. The first kappa shape index (κ1) is 9.23. The summed E-state index contributed by atoms with van der Waals surface area (Å²) < 4.78 is 0. The molecular formula is C10H14O2. The monoisotopic (exact) mass is 166 g/mol. The second kappa shape index (κ2) is 3.70. The average Bonchev–Trinajstić information content (AvgIpc) is 2.03. The van der Waals surface area contributed by atoms with Crippen molar-refractivity contribution >= 4 is 0 Å². The van der Waals surface area contributed by atoms with Crippen molar-refractivity contribution in [3.05, 3.63) is 34.9 Å². The Morgan fingerprint density at radius 3 is 2.17 bits per heavy atom. The molecule has 0 aromatic heterocycles. The van der Waals surface area contributed by atoms with E-state index in [1.165, 1.54) is 0 Å². The highest BCUT2D eigenvalue weighted by molar-refractivity contribution is 5.34. The van der Waals surface area contributed by atoms with Crippen molar-refractivity contribution in [2.45, 2.75) is 26.9 Å². The maximum Gasteiger partial charge on any atom is 0.115 e. The second-order valence-corrected chi connectivity index (χ2v) is 3.05. The fourth-order valence-electron chi connectivity index (χ4n) is 1.52. The number of benzene rings is 1. The Morgan fingerprint density at radius 1 is 1.25 bits per heavy atom. The van der Waals surface area contributed by atoms with Crippen molar-refractivity contribution < 1.29 is 10.1 Å². The van der Waals surface area contributed by atoms with Gasteiger partial charge in [0, 0.05) is 0 Å². The van der Waals surface area contributed by atoms with Crippen molar-refractivity contribution in [2.24, 2.45) is 0 Å². The van der Waals surface area contributed by atoms with Gasteiger partial charge in [0.25, 0.3) is 0 Å². The molecule has 0 bridgehead atoms. The molecule has 0 radical (unpaired) electrons. The number of hydrogen-bond acceptors (Lipinski definition) is 2. The van der Waals surface area contributed by atoms with E-state index in [0.717, 1.165) is 16.7 Å². The van der Waals surface area contributed by atoms with Crippen LogP contribution in [0.5, 0.6) is 0 Å². The van der Waals surface area contributed by atoms with E-state index >= 15 is 0 Å². The lowest BCUT2D eigenvalue weighted by Crippen LogP contribution is -2.01. The Hall–Kier alpha value is -0.860. The smallest absolute Gasteiger partial charge is 0.115 e. The Bertz CT molecular complexity index is 248. The third kappa shape index (κ3) is 1.65. The molecule has 0 amide bonds. The lowest BCUT2D eigenvalue weighted by molar-refractivity contribution is -0.277. The van der Waals surface area contributed by atoms with Gasteiger partial charge in [-0.1, -0.05) is 18.2 Å². The summed E-state index contributed by atoms with van der Waals surface area (Å²) in [6.45, 7) is 5.85. The van der Waals surface area contributed by atoms with E-state index in [9.17, 15) is 0 Å². The average molecular weight is 166 g/mol. The first-order valence-corrected chi connectivity index (χ1v) is 4.03.